The molecule has 1 aromatic rings. The Labute approximate surface area is 107 Å². The maximum atomic E-state index is 11.5. The van der Waals surface area contributed by atoms with Gasteiger partial charge in [-0.2, -0.15) is 0 Å². The van der Waals surface area contributed by atoms with Gasteiger partial charge in [0.1, 0.15) is 12.1 Å². The number of carbonyl (C=O) groups is 1. The molecule has 0 atom stereocenters. The van der Waals surface area contributed by atoms with Gasteiger partial charge in [-0.3, -0.25) is 4.79 Å². The van der Waals surface area contributed by atoms with Gasteiger partial charge >= 0.3 is 0 Å². The van der Waals surface area contributed by atoms with Crippen LogP contribution in [0.4, 0.5) is 5.82 Å². The molecule has 1 aromatic heterocycles. The fourth-order valence-electron chi connectivity index (χ4n) is 1.62. The van der Waals surface area contributed by atoms with Crippen LogP contribution in [-0.4, -0.2) is 28.5 Å². The summed E-state index contributed by atoms with van der Waals surface area (Å²) in [5.41, 5.74) is 1.01. The van der Waals surface area contributed by atoms with E-state index in [2.05, 4.69) is 34.4 Å². The Morgan fingerprint density at radius 2 is 2.22 bits per heavy atom. The molecule has 0 spiro atoms. The average molecular weight is 248 g/mol. The van der Waals surface area contributed by atoms with Crippen molar-refractivity contribution in [2.45, 2.75) is 45.1 Å². The Morgan fingerprint density at radius 3 is 2.89 bits per heavy atom. The first-order valence-electron chi connectivity index (χ1n) is 6.50. The zero-order valence-electron chi connectivity index (χ0n) is 10.9. The van der Waals surface area contributed by atoms with Gasteiger partial charge in [0.2, 0.25) is 5.91 Å². The lowest BCUT2D eigenvalue weighted by Crippen LogP contribution is -2.27. The van der Waals surface area contributed by atoms with Gasteiger partial charge in [0.15, 0.2) is 0 Å². The first kappa shape index (κ1) is 12.8. The maximum Gasteiger partial charge on any atom is 0.221 e. The number of anilines is 1. The Hall–Kier alpha value is -1.65. The number of aromatic nitrogens is 2. The molecule has 1 aliphatic carbocycles. The molecular weight excluding hydrogens is 228 g/mol. The molecule has 1 heterocycles. The molecule has 1 amide bonds. The largest absolute Gasteiger partial charge is 0.369 e. The van der Waals surface area contributed by atoms with Crippen LogP contribution in [-0.2, 0) is 4.79 Å². The molecule has 0 aliphatic heterocycles. The van der Waals surface area contributed by atoms with Crippen LogP contribution in [0.3, 0.4) is 0 Å². The molecule has 18 heavy (non-hydrogen) atoms. The minimum absolute atomic E-state index is 0.114. The predicted octanol–water partition coefficient (Wildman–Crippen LogP) is 1.68. The van der Waals surface area contributed by atoms with E-state index in [4.69, 9.17) is 0 Å². The van der Waals surface area contributed by atoms with Crippen molar-refractivity contribution >= 4 is 11.7 Å². The van der Waals surface area contributed by atoms with Gasteiger partial charge in [-0.05, 0) is 18.8 Å². The Kier molecular flexibility index (Phi) is 4.12. The van der Waals surface area contributed by atoms with E-state index in [1.54, 1.807) is 6.33 Å². The van der Waals surface area contributed by atoms with Gasteiger partial charge in [0.05, 0.1) is 0 Å². The van der Waals surface area contributed by atoms with Gasteiger partial charge in [-0.25, -0.2) is 9.97 Å². The van der Waals surface area contributed by atoms with Crippen molar-refractivity contribution in [2.75, 3.05) is 11.9 Å². The normalized spacial score (nSPS) is 14.6. The molecule has 0 bridgehead atoms. The van der Waals surface area contributed by atoms with Gasteiger partial charge in [-0.1, -0.05) is 13.8 Å². The lowest BCUT2D eigenvalue weighted by molar-refractivity contribution is -0.120. The number of hydrogen-bond acceptors (Lipinski definition) is 4. The summed E-state index contributed by atoms with van der Waals surface area (Å²) in [6, 6.07) is 2.37. The van der Waals surface area contributed by atoms with E-state index in [0.717, 1.165) is 24.4 Å². The summed E-state index contributed by atoms with van der Waals surface area (Å²) in [5, 5.41) is 6.11. The maximum absolute atomic E-state index is 11.5. The summed E-state index contributed by atoms with van der Waals surface area (Å²) in [4.78, 5) is 19.8. The molecular formula is C13H20N4O. The van der Waals surface area contributed by atoms with Crippen molar-refractivity contribution in [3.63, 3.8) is 0 Å². The molecule has 2 N–H and O–H groups in total. The van der Waals surface area contributed by atoms with Crippen LogP contribution < -0.4 is 10.6 Å². The second-order valence-corrected chi connectivity index (χ2v) is 5.00. The van der Waals surface area contributed by atoms with Crippen molar-refractivity contribution in [3.8, 4) is 0 Å². The van der Waals surface area contributed by atoms with E-state index in [0.29, 0.717) is 24.9 Å². The van der Waals surface area contributed by atoms with Crippen LogP contribution in [0.25, 0.3) is 0 Å². The Bertz CT molecular complexity index is 415. The molecule has 5 nitrogen and oxygen atoms in total. The van der Waals surface area contributed by atoms with Crippen molar-refractivity contribution in [1.29, 1.82) is 0 Å². The van der Waals surface area contributed by atoms with Crippen molar-refractivity contribution in [2.24, 2.45) is 0 Å². The van der Waals surface area contributed by atoms with E-state index in [9.17, 15) is 4.79 Å². The van der Waals surface area contributed by atoms with Crippen LogP contribution in [0.15, 0.2) is 12.4 Å². The zero-order chi connectivity index (χ0) is 13.0. The molecule has 1 saturated carbocycles. The topological polar surface area (TPSA) is 66.9 Å². The van der Waals surface area contributed by atoms with Crippen LogP contribution in [0, 0.1) is 0 Å². The first-order valence-corrected chi connectivity index (χ1v) is 6.50. The molecule has 98 valence electrons. The van der Waals surface area contributed by atoms with E-state index < -0.39 is 0 Å². The third-order valence-electron chi connectivity index (χ3n) is 2.88. The van der Waals surface area contributed by atoms with E-state index >= 15 is 0 Å². The summed E-state index contributed by atoms with van der Waals surface area (Å²) < 4.78 is 0. The van der Waals surface area contributed by atoms with Gasteiger partial charge in [-0.15, -0.1) is 0 Å². The summed E-state index contributed by atoms with van der Waals surface area (Å²) in [6.45, 7) is 4.79. The quantitative estimate of drug-likeness (QED) is 0.803. The van der Waals surface area contributed by atoms with Crippen molar-refractivity contribution in [1.82, 2.24) is 15.3 Å². The molecule has 0 saturated heterocycles. The van der Waals surface area contributed by atoms with Crippen molar-refractivity contribution in [3.05, 3.63) is 18.1 Å². The van der Waals surface area contributed by atoms with Crippen LogP contribution in [0.5, 0.6) is 0 Å². The number of hydrogen-bond donors (Lipinski definition) is 2. The average Bonchev–Trinajstić information content (AvgIpc) is 3.13. The Morgan fingerprint density at radius 1 is 1.44 bits per heavy atom. The summed E-state index contributed by atoms with van der Waals surface area (Å²) in [6.07, 6.45) is 4.30. The van der Waals surface area contributed by atoms with Crippen LogP contribution in [0.2, 0.25) is 0 Å². The molecule has 1 aliphatic rings. The number of nitrogens with one attached hydrogen (secondary N) is 2. The van der Waals surface area contributed by atoms with Gasteiger partial charge in [0.25, 0.3) is 0 Å². The predicted molar refractivity (Wildman–Crippen MR) is 70.4 cm³/mol. The number of carbonyl (C=O) groups excluding carboxylic acids is 1. The number of nitrogens with zero attached hydrogens (tertiary/aromatic N) is 2. The third-order valence-corrected chi connectivity index (χ3v) is 2.88. The molecule has 0 unspecified atom stereocenters. The smallest absolute Gasteiger partial charge is 0.221 e. The number of amides is 1. The van der Waals surface area contributed by atoms with E-state index in [1.807, 2.05) is 6.07 Å². The molecule has 0 radical (unpaired) electrons. The van der Waals surface area contributed by atoms with E-state index in [-0.39, 0.29) is 5.91 Å². The fourth-order valence-corrected chi connectivity index (χ4v) is 1.62. The molecule has 5 heteroatoms. The second kappa shape index (κ2) is 5.80. The minimum Gasteiger partial charge on any atom is -0.369 e. The monoisotopic (exact) mass is 248 g/mol. The van der Waals surface area contributed by atoms with E-state index in [1.165, 1.54) is 0 Å². The highest BCUT2D eigenvalue weighted by Crippen LogP contribution is 2.18. The lowest BCUT2D eigenvalue weighted by atomic mass is 10.1. The summed E-state index contributed by atoms with van der Waals surface area (Å²) >= 11 is 0. The highest BCUT2D eigenvalue weighted by Gasteiger charge is 2.22. The SMILES string of the molecule is CC(C)c1cc(NCCC(=O)NC2CC2)ncn1. The number of rotatable bonds is 6. The molecule has 2 rings (SSSR count). The van der Waals surface area contributed by atoms with Gasteiger partial charge < -0.3 is 10.6 Å². The first-order chi connectivity index (χ1) is 8.65. The Balaban J connectivity index is 1.75. The third kappa shape index (κ3) is 3.98. The highest BCUT2D eigenvalue weighted by atomic mass is 16.1. The second-order valence-electron chi connectivity index (χ2n) is 5.00. The molecule has 1 fully saturated rings. The molecule has 0 aromatic carbocycles. The van der Waals surface area contributed by atoms with Crippen LogP contribution in [0.1, 0.15) is 44.7 Å². The lowest BCUT2D eigenvalue weighted by Gasteiger charge is -2.08. The summed E-state index contributed by atoms with van der Waals surface area (Å²) in [7, 11) is 0. The fraction of sp³-hybridized carbons (Fsp3) is 0.615. The highest BCUT2D eigenvalue weighted by molar-refractivity contribution is 5.77. The standard InChI is InChI=1S/C13H20N4O/c1-9(2)11-7-12(16-8-15-11)14-6-5-13(18)17-10-3-4-10/h7-10H,3-6H2,1-2H3,(H,17,18)(H,14,15,16). The minimum atomic E-state index is 0.114. The zero-order valence-corrected chi connectivity index (χ0v) is 10.9. The summed E-state index contributed by atoms with van der Waals surface area (Å²) in [5.74, 6) is 1.28. The van der Waals surface area contributed by atoms with Crippen molar-refractivity contribution < 1.29 is 4.79 Å². The van der Waals surface area contributed by atoms with Crippen LogP contribution >= 0.6 is 0 Å². The van der Waals surface area contributed by atoms with Gasteiger partial charge in [0, 0.05) is 30.8 Å².